The van der Waals surface area contributed by atoms with Crippen LogP contribution in [0.5, 0.6) is 5.88 Å². The molecule has 1 rings (SSSR count). The molecule has 0 aliphatic rings. The third-order valence-electron chi connectivity index (χ3n) is 0.750. The molecule has 9 heavy (non-hydrogen) atoms. The largest absolute Gasteiger partial charge is 0.406 e. The van der Waals surface area contributed by atoms with E-state index in [0.29, 0.717) is 6.47 Å². The number of hydrogen-bond acceptors (Lipinski definition) is 4. The van der Waals surface area contributed by atoms with E-state index >= 15 is 0 Å². The molecule has 0 atom stereocenters. The molecule has 1 aromatic heterocycles. The zero-order valence-electron chi connectivity index (χ0n) is 4.81. The summed E-state index contributed by atoms with van der Waals surface area (Å²) in [5.74, 6) is 0.215. The number of carbonyl (C=O) groups excluding carboxylic acids is 1. The summed E-state index contributed by atoms with van der Waals surface area (Å²) in [5, 5.41) is 6.98. The summed E-state index contributed by atoms with van der Waals surface area (Å²) in [4.78, 5) is 9.68. The highest BCUT2D eigenvalue weighted by atomic mass is 16.5. The second-order valence-corrected chi connectivity index (χ2v) is 1.44. The summed E-state index contributed by atoms with van der Waals surface area (Å²) < 4.78 is 5.79. The first-order valence-corrected chi connectivity index (χ1v) is 2.29. The van der Waals surface area contributed by atoms with Crippen LogP contribution < -0.4 is 4.74 Å². The quantitative estimate of drug-likeness (QED) is 0.495. The van der Waals surface area contributed by atoms with Crippen LogP contribution in [0, 0.1) is 0 Å². The second kappa shape index (κ2) is 2.25. The lowest BCUT2D eigenvalue weighted by Crippen LogP contribution is -1.87. The van der Waals surface area contributed by atoms with E-state index in [0.717, 1.165) is 0 Å². The zero-order valence-corrected chi connectivity index (χ0v) is 4.81. The SMILES string of the molecule is Cn1cc(OC=O)nn1. The van der Waals surface area contributed by atoms with Gasteiger partial charge in [0.25, 0.3) is 12.4 Å². The molecule has 0 N–H and O–H groups in total. The molecule has 0 amide bonds. The number of ether oxygens (including phenoxy) is 1. The predicted molar refractivity (Wildman–Crippen MR) is 27.7 cm³/mol. The van der Waals surface area contributed by atoms with E-state index in [1.807, 2.05) is 0 Å². The molecule has 0 spiro atoms. The topological polar surface area (TPSA) is 57.0 Å². The Balaban J connectivity index is 2.72. The molecule has 5 nitrogen and oxygen atoms in total. The van der Waals surface area contributed by atoms with Gasteiger partial charge in [0.2, 0.25) is 0 Å². The van der Waals surface area contributed by atoms with Crippen LogP contribution in [0.1, 0.15) is 0 Å². The van der Waals surface area contributed by atoms with Crippen molar-refractivity contribution < 1.29 is 9.53 Å². The van der Waals surface area contributed by atoms with Crippen LogP contribution >= 0.6 is 0 Å². The average Bonchev–Trinajstić information content (AvgIpc) is 2.17. The first kappa shape index (κ1) is 5.74. The fourth-order valence-electron chi connectivity index (χ4n) is 0.429. The minimum atomic E-state index is 0.215. The average molecular weight is 127 g/mol. The lowest BCUT2D eigenvalue weighted by atomic mass is 10.8. The van der Waals surface area contributed by atoms with Crippen LogP contribution in [0.2, 0.25) is 0 Å². The number of nitrogens with zero attached hydrogens (tertiary/aromatic N) is 3. The van der Waals surface area contributed by atoms with Gasteiger partial charge in [-0.15, -0.1) is 0 Å². The van der Waals surface area contributed by atoms with Crippen LogP contribution in [0.15, 0.2) is 6.20 Å². The standard InChI is InChI=1S/C4H5N3O2/c1-7-2-4(5-6-7)9-3-8/h2-3H,1H3. The van der Waals surface area contributed by atoms with Crippen LogP contribution in [-0.4, -0.2) is 21.5 Å². The Bertz CT molecular complexity index is 207. The van der Waals surface area contributed by atoms with Gasteiger partial charge in [-0.05, 0) is 0 Å². The van der Waals surface area contributed by atoms with Gasteiger partial charge in [-0.25, -0.2) is 0 Å². The summed E-state index contributed by atoms with van der Waals surface area (Å²) in [7, 11) is 1.69. The molecule has 0 aliphatic carbocycles. The van der Waals surface area contributed by atoms with Gasteiger partial charge < -0.3 is 4.74 Å². The van der Waals surface area contributed by atoms with Crippen molar-refractivity contribution >= 4 is 6.47 Å². The fraction of sp³-hybridized carbons (Fsp3) is 0.250. The van der Waals surface area contributed by atoms with Crippen LogP contribution in [0.4, 0.5) is 0 Å². The van der Waals surface area contributed by atoms with Crippen molar-refractivity contribution in [3.05, 3.63) is 6.20 Å². The third kappa shape index (κ3) is 1.25. The minimum absolute atomic E-state index is 0.215. The summed E-state index contributed by atoms with van der Waals surface area (Å²) >= 11 is 0. The van der Waals surface area contributed by atoms with Gasteiger partial charge in [0.1, 0.15) is 0 Å². The minimum Gasteiger partial charge on any atom is -0.406 e. The Hall–Kier alpha value is -1.39. The molecule has 0 aliphatic heterocycles. The maximum Gasteiger partial charge on any atom is 0.299 e. The Morgan fingerprint density at radius 1 is 1.89 bits per heavy atom. The highest BCUT2D eigenvalue weighted by Crippen LogP contribution is 1.98. The molecule has 0 aromatic carbocycles. The van der Waals surface area contributed by atoms with Crippen LogP contribution in [0.25, 0.3) is 0 Å². The van der Waals surface area contributed by atoms with Crippen molar-refractivity contribution in [1.29, 1.82) is 0 Å². The summed E-state index contributed by atoms with van der Waals surface area (Å²) in [6.45, 7) is 0.310. The predicted octanol–water partition coefficient (Wildman–Crippen LogP) is -0.650. The molecule has 1 aromatic rings. The molecule has 48 valence electrons. The maximum atomic E-state index is 9.68. The summed E-state index contributed by atoms with van der Waals surface area (Å²) in [6, 6.07) is 0. The van der Waals surface area contributed by atoms with Crippen LogP contribution in [-0.2, 0) is 11.8 Å². The number of carbonyl (C=O) groups is 1. The van der Waals surface area contributed by atoms with Gasteiger partial charge >= 0.3 is 0 Å². The fourth-order valence-corrected chi connectivity index (χ4v) is 0.429. The normalized spacial score (nSPS) is 9.00. The summed E-state index contributed by atoms with van der Waals surface area (Å²) in [6.07, 6.45) is 1.49. The van der Waals surface area contributed by atoms with Crippen molar-refractivity contribution in [3.8, 4) is 5.88 Å². The van der Waals surface area contributed by atoms with E-state index in [4.69, 9.17) is 0 Å². The molecule has 5 heteroatoms. The lowest BCUT2D eigenvalue weighted by Gasteiger charge is -1.82. The first-order valence-electron chi connectivity index (χ1n) is 2.29. The third-order valence-corrected chi connectivity index (χ3v) is 0.750. The van der Waals surface area contributed by atoms with E-state index in [-0.39, 0.29) is 5.88 Å². The van der Waals surface area contributed by atoms with Gasteiger partial charge in [-0.1, -0.05) is 10.3 Å². The Morgan fingerprint density at radius 3 is 3.11 bits per heavy atom. The molecule has 0 unspecified atom stereocenters. The van der Waals surface area contributed by atoms with Crippen LogP contribution in [0.3, 0.4) is 0 Å². The van der Waals surface area contributed by atoms with Gasteiger partial charge in [0.05, 0.1) is 6.20 Å². The van der Waals surface area contributed by atoms with Gasteiger partial charge in [-0.2, -0.15) is 0 Å². The van der Waals surface area contributed by atoms with Crippen molar-refractivity contribution in [2.24, 2.45) is 7.05 Å². The van der Waals surface area contributed by atoms with Crippen molar-refractivity contribution in [2.45, 2.75) is 0 Å². The summed E-state index contributed by atoms with van der Waals surface area (Å²) in [5.41, 5.74) is 0. The number of aromatic nitrogens is 3. The van der Waals surface area contributed by atoms with Gasteiger partial charge in [-0.3, -0.25) is 9.48 Å². The van der Waals surface area contributed by atoms with Crippen molar-refractivity contribution in [3.63, 3.8) is 0 Å². The second-order valence-electron chi connectivity index (χ2n) is 1.44. The maximum absolute atomic E-state index is 9.68. The van der Waals surface area contributed by atoms with E-state index in [9.17, 15) is 4.79 Å². The number of rotatable bonds is 2. The number of hydrogen-bond donors (Lipinski definition) is 0. The van der Waals surface area contributed by atoms with Gasteiger partial charge in [0.15, 0.2) is 0 Å². The molecular weight excluding hydrogens is 122 g/mol. The Kier molecular flexibility index (Phi) is 1.44. The van der Waals surface area contributed by atoms with Crippen molar-refractivity contribution in [1.82, 2.24) is 15.0 Å². The zero-order chi connectivity index (χ0) is 6.69. The van der Waals surface area contributed by atoms with E-state index < -0.39 is 0 Å². The lowest BCUT2D eigenvalue weighted by molar-refractivity contribution is -0.120. The highest BCUT2D eigenvalue weighted by molar-refractivity contribution is 5.42. The Morgan fingerprint density at radius 2 is 2.67 bits per heavy atom. The monoisotopic (exact) mass is 127 g/mol. The molecule has 0 fully saturated rings. The van der Waals surface area contributed by atoms with Gasteiger partial charge in [0, 0.05) is 7.05 Å². The molecule has 0 saturated carbocycles. The van der Waals surface area contributed by atoms with E-state index in [1.165, 1.54) is 10.9 Å². The highest BCUT2D eigenvalue weighted by Gasteiger charge is 1.94. The first-order chi connectivity index (χ1) is 4.33. The molecule has 0 radical (unpaired) electrons. The smallest absolute Gasteiger partial charge is 0.299 e. The van der Waals surface area contributed by atoms with Crippen molar-refractivity contribution in [2.75, 3.05) is 0 Å². The molecule has 0 saturated heterocycles. The van der Waals surface area contributed by atoms with E-state index in [2.05, 4.69) is 15.0 Å². The van der Waals surface area contributed by atoms with E-state index in [1.54, 1.807) is 7.05 Å². The Labute approximate surface area is 51.2 Å². The molecule has 0 bridgehead atoms. The molecule has 1 heterocycles. The molecular formula is C4H5N3O2. The number of aryl methyl sites for hydroxylation is 1.